The summed E-state index contributed by atoms with van der Waals surface area (Å²) < 4.78 is 10.0. The Morgan fingerprint density at radius 2 is 1.88 bits per heavy atom. The van der Waals surface area contributed by atoms with Gasteiger partial charge in [-0.1, -0.05) is 12.1 Å². The number of ether oxygens (including phenoxy) is 2. The lowest BCUT2D eigenvalue weighted by molar-refractivity contribution is -0.119. The summed E-state index contributed by atoms with van der Waals surface area (Å²) in [4.78, 5) is 23.9. The Labute approximate surface area is 140 Å². The van der Waals surface area contributed by atoms with E-state index in [1.54, 1.807) is 6.07 Å². The summed E-state index contributed by atoms with van der Waals surface area (Å²) in [6.45, 7) is 3.45. The van der Waals surface area contributed by atoms with E-state index in [-0.39, 0.29) is 12.2 Å². The first kappa shape index (κ1) is 17.3. The quantitative estimate of drug-likeness (QED) is 0.650. The molecule has 0 aliphatic rings. The van der Waals surface area contributed by atoms with E-state index in [9.17, 15) is 9.59 Å². The van der Waals surface area contributed by atoms with E-state index in [2.05, 4.69) is 5.32 Å². The van der Waals surface area contributed by atoms with Crippen molar-refractivity contribution in [3.05, 3.63) is 53.1 Å². The van der Waals surface area contributed by atoms with Gasteiger partial charge in [0.2, 0.25) is 0 Å². The SMILES string of the molecule is COc1ccc(C(=O)OCC(=O)Nc2cc(C)ccc2C)cc1N. The monoisotopic (exact) mass is 328 g/mol. The number of esters is 1. The summed E-state index contributed by atoms with van der Waals surface area (Å²) in [7, 11) is 1.49. The number of nitrogens with two attached hydrogens (primary N) is 1. The highest BCUT2D eigenvalue weighted by Gasteiger charge is 2.13. The first-order valence-electron chi connectivity index (χ1n) is 7.38. The van der Waals surface area contributed by atoms with Gasteiger partial charge >= 0.3 is 5.97 Å². The maximum atomic E-state index is 12.0. The average Bonchev–Trinajstić information content (AvgIpc) is 2.56. The molecule has 2 aromatic rings. The molecule has 1 amide bonds. The minimum Gasteiger partial charge on any atom is -0.495 e. The Morgan fingerprint density at radius 1 is 1.12 bits per heavy atom. The summed E-state index contributed by atoms with van der Waals surface area (Å²) in [6.07, 6.45) is 0. The zero-order valence-corrected chi connectivity index (χ0v) is 13.9. The van der Waals surface area contributed by atoms with Crippen LogP contribution in [0.25, 0.3) is 0 Å². The highest BCUT2D eigenvalue weighted by atomic mass is 16.5. The number of rotatable bonds is 5. The van der Waals surface area contributed by atoms with Crippen molar-refractivity contribution in [2.24, 2.45) is 0 Å². The van der Waals surface area contributed by atoms with Crippen LogP contribution >= 0.6 is 0 Å². The number of aryl methyl sites for hydroxylation is 2. The van der Waals surface area contributed by atoms with Crippen molar-refractivity contribution in [3.8, 4) is 5.75 Å². The molecule has 0 unspecified atom stereocenters. The molecule has 0 radical (unpaired) electrons. The first-order valence-corrected chi connectivity index (χ1v) is 7.38. The Hall–Kier alpha value is -3.02. The lowest BCUT2D eigenvalue weighted by atomic mass is 10.1. The second-order valence-electron chi connectivity index (χ2n) is 5.40. The van der Waals surface area contributed by atoms with E-state index >= 15 is 0 Å². The van der Waals surface area contributed by atoms with Crippen LogP contribution in [0, 0.1) is 13.8 Å². The molecule has 2 rings (SSSR count). The van der Waals surface area contributed by atoms with Crippen molar-refractivity contribution >= 4 is 23.3 Å². The number of hydrogen-bond acceptors (Lipinski definition) is 5. The van der Waals surface area contributed by atoms with Crippen molar-refractivity contribution in [1.82, 2.24) is 0 Å². The molecule has 24 heavy (non-hydrogen) atoms. The fraction of sp³-hybridized carbons (Fsp3) is 0.222. The first-order chi connectivity index (χ1) is 11.4. The molecule has 0 fully saturated rings. The molecular weight excluding hydrogens is 308 g/mol. The third-order valence-electron chi connectivity index (χ3n) is 3.47. The molecule has 126 valence electrons. The Morgan fingerprint density at radius 3 is 2.54 bits per heavy atom. The summed E-state index contributed by atoms with van der Waals surface area (Å²) in [5.74, 6) is -0.557. The lowest BCUT2D eigenvalue weighted by Crippen LogP contribution is -2.21. The predicted octanol–water partition coefficient (Wildman–Crippen LogP) is 2.69. The van der Waals surface area contributed by atoms with Crippen LogP contribution in [-0.4, -0.2) is 25.6 Å². The van der Waals surface area contributed by atoms with E-state index < -0.39 is 11.9 Å². The van der Waals surface area contributed by atoms with Gasteiger partial charge in [-0.2, -0.15) is 0 Å². The van der Waals surface area contributed by atoms with Gasteiger partial charge in [0.1, 0.15) is 5.75 Å². The maximum absolute atomic E-state index is 12.0. The van der Waals surface area contributed by atoms with Crippen LogP contribution in [0.1, 0.15) is 21.5 Å². The number of nitrogen functional groups attached to an aromatic ring is 1. The Balaban J connectivity index is 1.95. The van der Waals surface area contributed by atoms with Crippen LogP contribution in [0.5, 0.6) is 5.75 Å². The molecule has 2 aromatic carbocycles. The fourth-order valence-electron chi connectivity index (χ4n) is 2.13. The number of carbonyl (C=O) groups is 2. The number of carbonyl (C=O) groups excluding carboxylic acids is 2. The highest BCUT2D eigenvalue weighted by Crippen LogP contribution is 2.22. The molecule has 6 heteroatoms. The van der Waals surface area contributed by atoms with Gasteiger partial charge in [-0.15, -0.1) is 0 Å². The second kappa shape index (κ2) is 7.50. The van der Waals surface area contributed by atoms with E-state index in [1.165, 1.54) is 19.2 Å². The summed E-state index contributed by atoms with van der Waals surface area (Å²) in [5, 5.41) is 2.73. The fourth-order valence-corrected chi connectivity index (χ4v) is 2.13. The zero-order chi connectivity index (χ0) is 17.7. The third-order valence-corrected chi connectivity index (χ3v) is 3.47. The smallest absolute Gasteiger partial charge is 0.338 e. The lowest BCUT2D eigenvalue weighted by Gasteiger charge is -2.10. The minimum absolute atomic E-state index is 0.257. The standard InChI is InChI=1S/C18H20N2O4/c1-11-4-5-12(2)15(8-11)20-17(21)10-24-18(22)13-6-7-16(23-3)14(19)9-13/h4-9H,10,19H2,1-3H3,(H,20,21). The van der Waals surface area contributed by atoms with Crippen molar-refractivity contribution in [3.63, 3.8) is 0 Å². The molecule has 0 saturated carbocycles. The molecule has 3 N–H and O–H groups in total. The maximum Gasteiger partial charge on any atom is 0.338 e. The van der Waals surface area contributed by atoms with E-state index in [4.69, 9.17) is 15.2 Å². The minimum atomic E-state index is -0.625. The zero-order valence-electron chi connectivity index (χ0n) is 13.9. The van der Waals surface area contributed by atoms with Crippen LogP contribution in [0.15, 0.2) is 36.4 Å². The van der Waals surface area contributed by atoms with Gasteiger partial charge in [0, 0.05) is 5.69 Å². The number of amides is 1. The van der Waals surface area contributed by atoms with E-state index in [0.717, 1.165) is 11.1 Å². The third kappa shape index (κ3) is 4.25. The van der Waals surface area contributed by atoms with Gasteiger partial charge in [0.05, 0.1) is 18.4 Å². The molecular formula is C18H20N2O4. The average molecular weight is 328 g/mol. The largest absolute Gasteiger partial charge is 0.495 e. The van der Waals surface area contributed by atoms with Gasteiger partial charge in [0.15, 0.2) is 6.61 Å². The number of benzene rings is 2. The second-order valence-corrected chi connectivity index (χ2v) is 5.40. The van der Waals surface area contributed by atoms with Crippen LogP contribution < -0.4 is 15.8 Å². The highest BCUT2D eigenvalue weighted by molar-refractivity contribution is 5.96. The summed E-state index contributed by atoms with van der Waals surface area (Å²) >= 11 is 0. The molecule has 0 bridgehead atoms. The van der Waals surface area contributed by atoms with Crippen molar-refractivity contribution in [1.29, 1.82) is 0 Å². The predicted molar refractivity (Wildman–Crippen MR) is 92.2 cm³/mol. The number of hydrogen-bond donors (Lipinski definition) is 2. The van der Waals surface area contributed by atoms with Crippen LogP contribution in [0.4, 0.5) is 11.4 Å². The van der Waals surface area contributed by atoms with Gasteiger partial charge < -0.3 is 20.5 Å². The topological polar surface area (TPSA) is 90.6 Å². The normalized spacial score (nSPS) is 10.1. The Kier molecular flexibility index (Phi) is 5.42. The summed E-state index contributed by atoms with van der Waals surface area (Å²) in [6, 6.07) is 10.3. The Bertz CT molecular complexity index is 772. The molecule has 6 nitrogen and oxygen atoms in total. The van der Waals surface area contributed by atoms with Gasteiger partial charge in [-0.05, 0) is 49.2 Å². The molecule has 0 aromatic heterocycles. The van der Waals surface area contributed by atoms with E-state index in [0.29, 0.717) is 17.1 Å². The molecule has 0 saturated heterocycles. The van der Waals surface area contributed by atoms with Gasteiger partial charge in [-0.25, -0.2) is 4.79 Å². The van der Waals surface area contributed by atoms with Gasteiger partial charge in [-0.3, -0.25) is 4.79 Å². The molecule has 0 spiro atoms. The van der Waals surface area contributed by atoms with Gasteiger partial charge in [0.25, 0.3) is 5.91 Å². The molecule has 0 heterocycles. The van der Waals surface area contributed by atoms with Crippen molar-refractivity contribution in [2.45, 2.75) is 13.8 Å². The molecule has 0 atom stereocenters. The number of methoxy groups -OCH3 is 1. The van der Waals surface area contributed by atoms with E-state index in [1.807, 2.05) is 32.0 Å². The van der Waals surface area contributed by atoms with Crippen molar-refractivity contribution < 1.29 is 19.1 Å². The van der Waals surface area contributed by atoms with Crippen molar-refractivity contribution in [2.75, 3.05) is 24.8 Å². The number of nitrogens with one attached hydrogen (secondary N) is 1. The van der Waals surface area contributed by atoms with Crippen LogP contribution in [0.3, 0.4) is 0 Å². The number of anilines is 2. The molecule has 0 aliphatic carbocycles. The molecule has 0 aliphatic heterocycles. The van der Waals surface area contributed by atoms with Crippen LogP contribution in [-0.2, 0) is 9.53 Å². The summed E-state index contributed by atoms with van der Waals surface area (Å²) in [5.41, 5.74) is 8.99. The van der Waals surface area contributed by atoms with Crippen LogP contribution in [0.2, 0.25) is 0 Å².